The number of hydrogen-bond acceptors (Lipinski definition) is 1. The fourth-order valence-corrected chi connectivity index (χ4v) is 1.71. The summed E-state index contributed by atoms with van der Waals surface area (Å²) in [5.41, 5.74) is 0. The molecule has 1 amide bonds. The first-order valence-electron chi connectivity index (χ1n) is 3.72. The fourth-order valence-electron chi connectivity index (χ4n) is 1.01. The van der Waals surface area contributed by atoms with Crippen molar-refractivity contribution in [3.8, 4) is 0 Å². The molecule has 0 aliphatic carbocycles. The number of hydrogen-bond donors (Lipinski definition) is 1. The Morgan fingerprint density at radius 3 is 2.92 bits per heavy atom. The summed E-state index contributed by atoms with van der Waals surface area (Å²) in [6, 6.07) is 0. The first kappa shape index (κ1) is 9.32. The average molecular weight is 232 g/mol. The lowest BCUT2D eigenvalue weighted by molar-refractivity contribution is 0.174. The van der Waals surface area contributed by atoms with Crippen molar-refractivity contribution in [1.82, 2.24) is 4.90 Å². The van der Waals surface area contributed by atoms with Crippen molar-refractivity contribution in [2.75, 3.05) is 0 Å². The summed E-state index contributed by atoms with van der Waals surface area (Å²) in [6.45, 7) is 2.06. The highest BCUT2D eigenvalue weighted by atomic mass is 79.9. The molecular formula is C8H10BrNO2. The van der Waals surface area contributed by atoms with E-state index in [0.29, 0.717) is 5.92 Å². The van der Waals surface area contributed by atoms with Gasteiger partial charge < -0.3 is 5.11 Å². The molecule has 1 aliphatic heterocycles. The zero-order valence-electron chi connectivity index (χ0n) is 6.70. The van der Waals surface area contributed by atoms with Gasteiger partial charge in [-0.15, -0.1) is 0 Å². The molecule has 1 rings (SSSR count). The minimum Gasteiger partial charge on any atom is -0.464 e. The molecule has 1 unspecified atom stereocenters. The number of carbonyl (C=O) groups is 1. The van der Waals surface area contributed by atoms with Gasteiger partial charge >= 0.3 is 6.09 Å². The molecule has 1 atom stereocenters. The lowest BCUT2D eigenvalue weighted by Gasteiger charge is -2.19. The molecule has 0 aromatic heterocycles. The predicted octanol–water partition coefficient (Wildman–Crippen LogP) is 2.76. The minimum absolute atomic E-state index is 0.320. The van der Waals surface area contributed by atoms with Gasteiger partial charge in [0.05, 0.1) is 0 Å². The molecule has 0 saturated heterocycles. The van der Waals surface area contributed by atoms with E-state index in [1.807, 2.05) is 6.08 Å². The van der Waals surface area contributed by atoms with E-state index in [1.54, 1.807) is 12.4 Å². The molecule has 0 saturated carbocycles. The Hall–Kier alpha value is -0.770. The Morgan fingerprint density at radius 2 is 2.50 bits per heavy atom. The van der Waals surface area contributed by atoms with E-state index < -0.39 is 6.09 Å². The lowest BCUT2D eigenvalue weighted by atomic mass is 10.1. The molecular weight excluding hydrogens is 222 g/mol. The van der Waals surface area contributed by atoms with Gasteiger partial charge in [-0.2, -0.15) is 0 Å². The zero-order chi connectivity index (χ0) is 9.14. The number of allylic oxidation sites excluding steroid dienone is 2. The maximum Gasteiger partial charge on any atom is 0.415 e. The van der Waals surface area contributed by atoms with Crippen LogP contribution in [-0.2, 0) is 0 Å². The quantitative estimate of drug-likeness (QED) is 0.755. The zero-order valence-corrected chi connectivity index (χ0v) is 8.28. The fraction of sp³-hybridized carbons (Fsp3) is 0.375. The molecule has 0 aromatic carbocycles. The molecule has 1 aliphatic rings. The third-order valence-corrected chi connectivity index (χ3v) is 2.55. The van der Waals surface area contributed by atoms with Crippen LogP contribution in [0.15, 0.2) is 23.0 Å². The number of nitrogens with zero attached hydrogens (tertiary/aromatic N) is 1. The monoisotopic (exact) mass is 231 g/mol. The van der Waals surface area contributed by atoms with Gasteiger partial charge in [-0.3, -0.25) is 4.90 Å². The highest BCUT2D eigenvalue weighted by molar-refractivity contribution is 9.11. The Kier molecular flexibility index (Phi) is 2.92. The SMILES string of the molecule is CCC1C=CN(C(=O)O)C=C1Br. The summed E-state index contributed by atoms with van der Waals surface area (Å²) in [5, 5.41) is 8.62. The molecule has 0 aromatic rings. The molecule has 0 fully saturated rings. The van der Waals surface area contributed by atoms with Crippen molar-refractivity contribution in [2.24, 2.45) is 5.92 Å². The standard InChI is InChI=1S/C8H10BrNO2/c1-2-6-3-4-10(8(11)12)5-7(6)9/h3-6H,2H2,1H3,(H,11,12). The Labute approximate surface area is 79.5 Å². The Bertz CT molecular complexity index is 247. The van der Waals surface area contributed by atoms with Crippen molar-refractivity contribution < 1.29 is 9.90 Å². The topological polar surface area (TPSA) is 40.5 Å². The molecule has 66 valence electrons. The van der Waals surface area contributed by atoms with Crippen LogP contribution in [0.25, 0.3) is 0 Å². The van der Waals surface area contributed by atoms with E-state index in [4.69, 9.17) is 5.11 Å². The van der Waals surface area contributed by atoms with Crippen LogP contribution >= 0.6 is 15.9 Å². The molecule has 3 nitrogen and oxygen atoms in total. The van der Waals surface area contributed by atoms with Crippen LogP contribution in [0.3, 0.4) is 0 Å². The molecule has 12 heavy (non-hydrogen) atoms. The smallest absolute Gasteiger partial charge is 0.415 e. The van der Waals surface area contributed by atoms with Crippen LogP contribution in [0.1, 0.15) is 13.3 Å². The van der Waals surface area contributed by atoms with Crippen molar-refractivity contribution in [2.45, 2.75) is 13.3 Å². The molecule has 0 bridgehead atoms. The lowest BCUT2D eigenvalue weighted by Crippen LogP contribution is -2.21. The third kappa shape index (κ3) is 1.88. The predicted molar refractivity (Wildman–Crippen MR) is 49.8 cm³/mol. The van der Waals surface area contributed by atoms with Gasteiger partial charge in [0, 0.05) is 22.8 Å². The van der Waals surface area contributed by atoms with Gasteiger partial charge in [-0.05, 0) is 6.42 Å². The second kappa shape index (κ2) is 3.76. The first-order chi connectivity index (χ1) is 5.65. The normalized spacial score (nSPS) is 22.3. The third-order valence-electron chi connectivity index (χ3n) is 1.76. The van der Waals surface area contributed by atoms with Crippen LogP contribution in [0.4, 0.5) is 4.79 Å². The summed E-state index contributed by atoms with van der Waals surface area (Å²) >= 11 is 3.33. The molecule has 0 radical (unpaired) electrons. The molecule has 1 N–H and O–H groups in total. The molecule has 0 spiro atoms. The largest absolute Gasteiger partial charge is 0.464 e. The highest BCUT2D eigenvalue weighted by Crippen LogP contribution is 2.26. The maximum absolute atomic E-state index is 10.5. The van der Waals surface area contributed by atoms with Gasteiger partial charge in [-0.1, -0.05) is 28.9 Å². The minimum atomic E-state index is -0.960. The molecule has 1 heterocycles. The van der Waals surface area contributed by atoms with E-state index in [-0.39, 0.29) is 0 Å². The average Bonchev–Trinajstić information content (AvgIpc) is 2.04. The van der Waals surface area contributed by atoms with E-state index in [0.717, 1.165) is 15.8 Å². The van der Waals surface area contributed by atoms with E-state index in [1.165, 1.54) is 0 Å². The summed E-state index contributed by atoms with van der Waals surface area (Å²) in [4.78, 5) is 11.6. The summed E-state index contributed by atoms with van der Waals surface area (Å²) < 4.78 is 0.912. The highest BCUT2D eigenvalue weighted by Gasteiger charge is 2.15. The van der Waals surface area contributed by atoms with Gasteiger partial charge in [-0.25, -0.2) is 4.79 Å². The van der Waals surface area contributed by atoms with Crippen LogP contribution in [0.5, 0.6) is 0 Å². The number of amides is 1. The van der Waals surface area contributed by atoms with E-state index in [9.17, 15) is 4.79 Å². The number of rotatable bonds is 1. The van der Waals surface area contributed by atoms with Crippen LogP contribution in [0.2, 0.25) is 0 Å². The second-order valence-corrected chi connectivity index (χ2v) is 3.48. The summed E-state index contributed by atoms with van der Waals surface area (Å²) in [6.07, 6.45) is 5.04. The van der Waals surface area contributed by atoms with Crippen LogP contribution < -0.4 is 0 Å². The van der Waals surface area contributed by atoms with Crippen molar-refractivity contribution in [3.05, 3.63) is 23.0 Å². The van der Waals surface area contributed by atoms with Gasteiger partial charge in [0.15, 0.2) is 0 Å². The second-order valence-electron chi connectivity index (χ2n) is 2.56. The number of carboxylic acid groups (broad SMARTS) is 1. The molecule has 4 heteroatoms. The summed E-state index contributed by atoms with van der Waals surface area (Å²) in [5.74, 6) is 0.320. The van der Waals surface area contributed by atoms with E-state index >= 15 is 0 Å². The number of halogens is 1. The Balaban J connectivity index is 2.74. The van der Waals surface area contributed by atoms with Crippen LogP contribution in [-0.4, -0.2) is 16.1 Å². The van der Waals surface area contributed by atoms with Gasteiger partial charge in [0.1, 0.15) is 0 Å². The van der Waals surface area contributed by atoms with Crippen molar-refractivity contribution >= 4 is 22.0 Å². The van der Waals surface area contributed by atoms with E-state index in [2.05, 4.69) is 22.9 Å². The first-order valence-corrected chi connectivity index (χ1v) is 4.51. The van der Waals surface area contributed by atoms with Crippen LogP contribution in [0, 0.1) is 5.92 Å². The Morgan fingerprint density at radius 1 is 1.83 bits per heavy atom. The van der Waals surface area contributed by atoms with Crippen molar-refractivity contribution in [3.63, 3.8) is 0 Å². The maximum atomic E-state index is 10.5. The van der Waals surface area contributed by atoms with Gasteiger partial charge in [0.25, 0.3) is 0 Å². The van der Waals surface area contributed by atoms with Crippen molar-refractivity contribution in [1.29, 1.82) is 0 Å². The van der Waals surface area contributed by atoms with Gasteiger partial charge in [0.2, 0.25) is 0 Å². The summed E-state index contributed by atoms with van der Waals surface area (Å²) in [7, 11) is 0.